The Hall–Kier alpha value is -1.87. The highest BCUT2D eigenvalue weighted by Crippen LogP contribution is 2.13. The lowest BCUT2D eigenvalue weighted by Crippen LogP contribution is -2.24. The number of benzene rings is 1. The molecule has 9 heteroatoms. The molecule has 0 atom stereocenters. The van der Waals surface area contributed by atoms with E-state index in [1.54, 1.807) is 0 Å². The van der Waals surface area contributed by atoms with Crippen molar-refractivity contribution >= 4 is 10.0 Å². The van der Waals surface area contributed by atoms with Gasteiger partial charge in [-0.2, -0.15) is 5.10 Å². The Balaban J connectivity index is 2.17. The average Bonchev–Trinajstić information content (AvgIpc) is 2.83. The van der Waals surface area contributed by atoms with Crippen LogP contribution in [0.2, 0.25) is 0 Å². The van der Waals surface area contributed by atoms with E-state index in [1.165, 1.54) is 6.33 Å². The van der Waals surface area contributed by atoms with Crippen molar-refractivity contribution in [1.82, 2.24) is 19.9 Å². The minimum absolute atomic E-state index is 0.124. The lowest BCUT2D eigenvalue weighted by molar-refractivity contribution is 0.504. The van der Waals surface area contributed by atoms with Gasteiger partial charge in [-0.3, -0.25) is 5.10 Å². The first-order valence-electron chi connectivity index (χ1n) is 4.78. The smallest absolute Gasteiger partial charge is 0.241 e. The number of sulfonamides is 1. The van der Waals surface area contributed by atoms with Gasteiger partial charge in [0.25, 0.3) is 0 Å². The number of hydrogen-bond donors (Lipinski definition) is 2. The van der Waals surface area contributed by atoms with E-state index >= 15 is 0 Å². The van der Waals surface area contributed by atoms with Crippen molar-refractivity contribution in [2.45, 2.75) is 11.4 Å². The van der Waals surface area contributed by atoms with Crippen LogP contribution < -0.4 is 4.72 Å². The maximum Gasteiger partial charge on any atom is 0.241 e. The van der Waals surface area contributed by atoms with Crippen LogP contribution in [0.4, 0.5) is 8.78 Å². The van der Waals surface area contributed by atoms with E-state index in [0.717, 1.165) is 12.1 Å². The summed E-state index contributed by atoms with van der Waals surface area (Å²) in [5.74, 6) is -2.03. The Morgan fingerprint density at radius 3 is 2.67 bits per heavy atom. The van der Waals surface area contributed by atoms with Gasteiger partial charge in [0.1, 0.15) is 12.2 Å². The number of halogens is 2. The number of nitrogens with one attached hydrogen (secondary N) is 2. The van der Waals surface area contributed by atoms with Gasteiger partial charge in [-0.25, -0.2) is 26.9 Å². The molecule has 0 amide bonds. The van der Waals surface area contributed by atoms with Crippen LogP contribution in [0, 0.1) is 11.6 Å². The molecule has 0 fully saturated rings. The van der Waals surface area contributed by atoms with Gasteiger partial charge in [-0.15, -0.1) is 0 Å². The molecule has 18 heavy (non-hydrogen) atoms. The van der Waals surface area contributed by atoms with Crippen LogP contribution in [0.25, 0.3) is 0 Å². The minimum Gasteiger partial charge on any atom is -0.262 e. The van der Waals surface area contributed by atoms with Gasteiger partial charge in [0, 0.05) is 0 Å². The zero-order valence-corrected chi connectivity index (χ0v) is 9.71. The molecule has 0 saturated carbocycles. The van der Waals surface area contributed by atoms with Crippen molar-refractivity contribution in [2.75, 3.05) is 0 Å². The third kappa shape index (κ3) is 2.68. The van der Waals surface area contributed by atoms with Gasteiger partial charge in [0.05, 0.1) is 11.4 Å². The van der Waals surface area contributed by atoms with Gasteiger partial charge in [-0.1, -0.05) is 0 Å². The summed E-state index contributed by atoms with van der Waals surface area (Å²) < 4.78 is 51.2. The first-order valence-corrected chi connectivity index (χ1v) is 6.26. The van der Waals surface area contributed by atoms with Crippen LogP contribution in [0.5, 0.6) is 0 Å². The number of aromatic nitrogens is 3. The Bertz CT molecular complexity index is 643. The van der Waals surface area contributed by atoms with E-state index in [9.17, 15) is 17.2 Å². The summed E-state index contributed by atoms with van der Waals surface area (Å²) in [4.78, 5) is 3.36. The van der Waals surface area contributed by atoms with Crippen LogP contribution >= 0.6 is 0 Å². The number of hydrogen-bond acceptors (Lipinski definition) is 4. The second-order valence-corrected chi connectivity index (χ2v) is 5.10. The Kier molecular flexibility index (Phi) is 3.34. The number of aromatic amines is 1. The Morgan fingerprint density at radius 2 is 2.06 bits per heavy atom. The molecule has 1 aromatic carbocycles. The molecule has 2 N–H and O–H groups in total. The molecule has 0 bridgehead atoms. The summed E-state index contributed by atoms with van der Waals surface area (Å²) in [5, 5.41) is 6.00. The lowest BCUT2D eigenvalue weighted by Gasteiger charge is -2.05. The largest absolute Gasteiger partial charge is 0.262 e. The highest BCUT2D eigenvalue weighted by molar-refractivity contribution is 7.89. The molecule has 0 saturated heterocycles. The van der Waals surface area contributed by atoms with E-state index in [2.05, 4.69) is 19.9 Å². The van der Waals surface area contributed by atoms with Crippen molar-refractivity contribution in [2.24, 2.45) is 0 Å². The normalized spacial score (nSPS) is 11.7. The van der Waals surface area contributed by atoms with Crippen LogP contribution in [0.1, 0.15) is 5.82 Å². The summed E-state index contributed by atoms with van der Waals surface area (Å²) in [6.45, 7) is -0.124. The van der Waals surface area contributed by atoms with Crippen molar-refractivity contribution in [3.63, 3.8) is 0 Å². The standard InChI is InChI=1S/C9H8F2N4O2S/c10-7-2-1-6(3-8(7)11)18(16,17)14-4-9-12-5-13-15-9/h1-3,5,14H,4H2,(H,12,13,15). The molecule has 0 aliphatic rings. The molecule has 6 nitrogen and oxygen atoms in total. The third-order valence-electron chi connectivity index (χ3n) is 2.10. The molecule has 0 aliphatic heterocycles. The number of nitrogens with zero attached hydrogens (tertiary/aromatic N) is 2. The van der Waals surface area contributed by atoms with Gasteiger partial charge in [0.15, 0.2) is 11.6 Å². The van der Waals surface area contributed by atoms with Crippen molar-refractivity contribution in [3.05, 3.63) is 42.0 Å². The van der Waals surface area contributed by atoms with Crippen LogP contribution in [-0.2, 0) is 16.6 Å². The maximum absolute atomic E-state index is 12.9. The van der Waals surface area contributed by atoms with Crippen molar-refractivity contribution in [1.29, 1.82) is 0 Å². The fraction of sp³-hybridized carbons (Fsp3) is 0.111. The maximum atomic E-state index is 12.9. The predicted octanol–water partition coefficient (Wildman–Crippen LogP) is 0.561. The second kappa shape index (κ2) is 4.78. The van der Waals surface area contributed by atoms with Gasteiger partial charge in [-0.05, 0) is 18.2 Å². The first kappa shape index (κ1) is 12.6. The molecule has 2 rings (SSSR count). The third-order valence-corrected chi connectivity index (χ3v) is 3.49. The van der Waals surface area contributed by atoms with E-state index in [4.69, 9.17) is 0 Å². The molecule has 1 aromatic heterocycles. The zero-order valence-electron chi connectivity index (χ0n) is 8.89. The number of H-pyrrole nitrogens is 1. The number of rotatable bonds is 4. The van der Waals surface area contributed by atoms with Crippen molar-refractivity contribution < 1.29 is 17.2 Å². The molecular formula is C9H8F2N4O2S. The molecule has 0 spiro atoms. The highest BCUT2D eigenvalue weighted by atomic mass is 32.2. The summed E-state index contributed by atoms with van der Waals surface area (Å²) in [6.07, 6.45) is 1.22. The Morgan fingerprint density at radius 1 is 1.28 bits per heavy atom. The summed E-state index contributed by atoms with van der Waals surface area (Å²) >= 11 is 0. The second-order valence-electron chi connectivity index (χ2n) is 3.33. The fourth-order valence-corrected chi connectivity index (χ4v) is 2.21. The topological polar surface area (TPSA) is 87.7 Å². The van der Waals surface area contributed by atoms with E-state index in [-0.39, 0.29) is 11.4 Å². The summed E-state index contributed by atoms with van der Waals surface area (Å²) in [7, 11) is -3.92. The van der Waals surface area contributed by atoms with Crippen LogP contribution in [0.3, 0.4) is 0 Å². The quantitative estimate of drug-likeness (QED) is 0.852. The average molecular weight is 274 g/mol. The SMILES string of the molecule is O=S(=O)(NCc1ncn[nH]1)c1ccc(F)c(F)c1. The van der Waals surface area contributed by atoms with E-state index in [0.29, 0.717) is 11.9 Å². The van der Waals surface area contributed by atoms with Gasteiger partial charge in [0.2, 0.25) is 10.0 Å². The predicted molar refractivity (Wildman–Crippen MR) is 56.8 cm³/mol. The van der Waals surface area contributed by atoms with Crippen molar-refractivity contribution in [3.8, 4) is 0 Å². The van der Waals surface area contributed by atoms with E-state index in [1.807, 2.05) is 0 Å². The fourth-order valence-electron chi connectivity index (χ4n) is 1.21. The van der Waals surface area contributed by atoms with Crippen LogP contribution in [-0.4, -0.2) is 23.6 Å². The lowest BCUT2D eigenvalue weighted by atomic mass is 10.3. The monoisotopic (exact) mass is 274 g/mol. The first-order chi connectivity index (χ1) is 8.49. The minimum atomic E-state index is -3.92. The molecule has 0 aliphatic carbocycles. The molecule has 0 radical (unpaired) electrons. The van der Waals surface area contributed by atoms with E-state index < -0.39 is 21.7 Å². The highest BCUT2D eigenvalue weighted by Gasteiger charge is 2.16. The summed E-state index contributed by atoms with van der Waals surface area (Å²) in [6, 6.07) is 2.33. The Labute approximate surface area is 101 Å². The molecular weight excluding hydrogens is 266 g/mol. The molecule has 1 heterocycles. The molecule has 2 aromatic rings. The molecule has 0 unspecified atom stereocenters. The van der Waals surface area contributed by atoms with Gasteiger partial charge >= 0.3 is 0 Å². The van der Waals surface area contributed by atoms with Gasteiger partial charge < -0.3 is 0 Å². The zero-order chi connectivity index (χ0) is 13.2. The summed E-state index contributed by atoms with van der Waals surface area (Å²) in [5.41, 5.74) is 0. The molecule has 96 valence electrons. The van der Waals surface area contributed by atoms with Crippen LogP contribution in [0.15, 0.2) is 29.4 Å².